The zero-order valence-electron chi connectivity index (χ0n) is 12.1. The molecule has 0 amide bonds. The van der Waals surface area contributed by atoms with Gasteiger partial charge in [0.15, 0.2) is 0 Å². The maximum absolute atomic E-state index is 11.2. The molecule has 5 nitrogen and oxygen atoms in total. The van der Waals surface area contributed by atoms with Gasteiger partial charge in [-0.15, -0.1) is 6.58 Å². The van der Waals surface area contributed by atoms with Crippen LogP contribution in [0.25, 0.3) is 11.3 Å². The summed E-state index contributed by atoms with van der Waals surface area (Å²) in [5, 5.41) is 13.5. The van der Waals surface area contributed by atoms with Gasteiger partial charge in [0.05, 0.1) is 18.3 Å². The summed E-state index contributed by atoms with van der Waals surface area (Å²) in [5.74, 6) is -0.229. The second-order valence-electron chi connectivity index (χ2n) is 4.88. The largest absolute Gasteiger partial charge is 0.491 e. The zero-order valence-corrected chi connectivity index (χ0v) is 12.1. The van der Waals surface area contributed by atoms with Gasteiger partial charge in [-0.1, -0.05) is 6.08 Å². The number of hydrogen-bond donors (Lipinski definition) is 1. The number of carbonyl (C=O) groups is 1. The molecule has 1 heterocycles. The van der Waals surface area contributed by atoms with Crippen LogP contribution < -0.4 is 4.74 Å². The van der Waals surface area contributed by atoms with Crippen molar-refractivity contribution < 1.29 is 14.6 Å². The fourth-order valence-electron chi connectivity index (χ4n) is 1.97. The van der Waals surface area contributed by atoms with Gasteiger partial charge in [-0.3, -0.25) is 4.68 Å². The first kappa shape index (κ1) is 14.8. The number of aromatic carboxylic acids is 1. The molecule has 0 spiro atoms. The number of aromatic nitrogens is 2. The third kappa shape index (κ3) is 3.51. The number of ether oxygens (including phenoxy) is 1. The lowest BCUT2D eigenvalue weighted by atomic mass is 10.1. The number of nitrogens with zero attached hydrogens (tertiary/aromatic N) is 2. The van der Waals surface area contributed by atoms with E-state index in [1.54, 1.807) is 12.1 Å². The molecule has 2 aromatic rings. The number of carboxylic acid groups (broad SMARTS) is 1. The molecule has 2 rings (SSSR count). The molecule has 0 fully saturated rings. The van der Waals surface area contributed by atoms with Crippen molar-refractivity contribution in [2.75, 3.05) is 0 Å². The summed E-state index contributed by atoms with van der Waals surface area (Å²) in [7, 11) is 0. The number of allylic oxidation sites excluding steroid dienone is 1. The molecule has 1 aromatic carbocycles. The van der Waals surface area contributed by atoms with E-state index in [4.69, 9.17) is 4.74 Å². The highest BCUT2D eigenvalue weighted by molar-refractivity contribution is 5.87. The molecule has 110 valence electrons. The van der Waals surface area contributed by atoms with Crippen LogP contribution in [0, 0.1) is 0 Å². The van der Waals surface area contributed by atoms with Crippen LogP contribution in [0.3, 0.4) is 0 Å². The second-order valence-corrected chi connectivity index (χ2v) is 4.88. The van der Waals surface area contributed by atoms with Crippen LogP contribution >= 0.6 is 0 Å². The molecule has 0 saturated heterocycles. The Kier molecular flexibility index (Phi) is 4.42. The van der Waals surface area contributed by atoms with E-state index in [9.17, 15) is 9.90 Å². The molecular weight excluding hydrogens is 268 g/mol. The Labute approximate surface area is 123 Å². The lowest BCUT2D eigenvalue weighted by Gasteiger charge is -2.09. The summed E-state index contributed by atoms with van der Waals surface area (Å²) in [5.41, 5.74) is 1.61. The van der Waals surface area contributed by atoms with Gasteiger partial charge in [-0.2, -0.15) is 5.10 Å². The van der Waals surface area contributed by atoms with Gasteiger partial charge in [0.2, 0.25) is 0 Å². The Bertz CT molecular complexity index is 642. The minimum Gasteiger partial charge on any atom is -0.491 e. The molecule has 5 heteroatoms. The summed E-state index contributed by atoms with van der Waals surface area (Å²) in [6, 6.07) is 8.99. The first-order chi connectivity index (χ1) is 10.0. The van der Waals surface area contributed by atoms with Crippen molar-refractivity contribution in [3.63, 3.8) is 0 Å². The van der Waals surface area contributed by atoms with Crippen molar-refractivity contribution >= 4 is 5.97 Å². The van der Waals surface area contributed by atoms with E-state index in [0.717, 1.165) is 11.3 Å². The molecule has 0 aliphatic carbocycles. The van der Waals surface area contributed by atoms with E-state index in [-0.39, 0.29) is 11.8 Å². The lowest BCUT2D eigenvalue weighted by molar-refractivity contribution is 0.0684. The lowest BCUT2D eigenvalue weighted by Crippen LogP contribution is -2.08. The third-order valence-corrected chi connectivity index (χ3v) is 2.82. The first-order valence-electron chi connectivity index (χ1n) is 6.70. The highest BCUT2D eigenvalue weighted by Gasteiger charge is 2.14. The minimum atomic E-state index is -1.00. The predicted octanol–water partition coefficient (Wildman–Crippen LogP) is 3.22. The first-order valence-corrected chi connectivity index (χ1v) is 6.70. The molecule has 1 aromatic heterocycles. The Balaban J connectivity index is 2.31. The predicted molar refractivity (Wildman–Crippen MR) is 80.6 cm³/mol. The molecule has 0 radical (unpaired) electrons. The standard InChI is InChI=1S/C16H18N2O3/c1-4-9-18-15(16(19)20)10-14(17-18)12-5-7-13(8-6-12)21-11(2)3/h4-8,10-11H,1,9H2,2-3H3,(H,19,20). The molecule has 0 aliphatic heterocycles. The normalized spacial score (nSPS) is 10.6. The second kappa shape index (κ2) is 6.26. The zero-order chi connectivity index (χ0) is 15.4. The number of carboxylic acids is 1. The Morgan fingerprint density at radius 3 is 2.62 bits per heavy atom. The summed E-state index contributed by atoms with van der Waals surface area (Å²) in [6.45, 7) is 7.89. The quantitative estimate of drug-likeness (QED) is 0.828. The van der Waals surface area contributed by atoms with Crippen LogP contribution in [0.2, 0.25) is 0 Å². The maximum Gasteiger partial charge on any atom is 0.354 e. The monoisotopic (exact) mass is 286 g/mol. The van der Waals surface area contributed by atoms with Crippen LogP contribution in [-0.4, -0.2) is 27.0 Å². The Hall–Kier alpha value is -2.56. The Morgan fingerprint density at radius 1 is 1.43 bits per heavy atom. The molecule has 0 unspecified atom stereocenters. The summed E-state index contributed by atoms with van der Waals surface area (Å²) >= 11 is 0. The van der Waals surface area contributed by atoms with Gasteiger partial charge < -0.3 is 9.84 Å². The third-order valence-electron chi connectivity index (χ3n) is 2.82. The van der Waals surface area contributed by atoms with Gasteiger partial charge in [0, 0.05) is 5.56 Å². The van der Waals surface area contributed by atoms with Crippen LogP contribution in [0.5, 0.6) is 5.75 Å². The smallest absolute Gasteiger partial charge is 0.354 e. The van der Waals surface area contributed by atoms with Gasteiger partial charge in [0.25, 0.3) is 0 Å². The molecule has 1 N–H and O–H groups in total. The van der Waals surface area contributed by atoms with E-state index < -0.39 is 5.97 Å². The van der Waals surface area contributed by atoms with E-state index in [1.807, 2.05) is 38.1 Å². The molecule has 0 bridgehead atoms. The van der Waals surface area contributed by atoms with Crippen molar-refractivity contribution in [3.05, 3.63) is 48.7 Å². The minimum absolute atomic E-state index is 0.112. The van der Waals surface area contributed by atoms with Crippen molar-refractivity contribution in [2.24, 2.45) is 0 Å². The van der Waals surface area contributed by atoms with Crippen molar-refractivity contribution in [1.82, 2.24) is 9.78 Å². The van der Waals surface area contributed by atoms with E-state index in [0.29, 0.717) is 12.2 Å². The van der Waals surface area contributed by atoms with Gasteiger partial charge >= 0.3 is 5.97 Å². The fourth-order valence-corrected chi connectivity index (χ4v) is 1.97. The van der Waals surface area contributed by atoms with Crippen LogP contribution in [0.4, 0.5) is 0 Å². The van der Waals surface area contributed by atoms with E-state index in [1.165, 1.54) is 4.68 Å². The summed E-state index contributed by atoms with van der Waals surface area (Å²) < 4.78 is 7.00. The highest BCUT2D eigenvalue weighted by atomic mass is 16.5. The summed E-state index contributed by atoms with van der Waals surface area (Å²) in [4.78, 5) is 11.2. The average Bonchev–Trinajstić information content (AvgIpc) is 2.83. The fraction of sp³-hybridized carbons (Fsp3) is 0.250. The van der Waals surface area contributed by atoms with E-state index >= 15 is 0 Å². The van der Waals surface area contributed by atoms with Crippen LogP contribution in [0.1, 0.15) is 24.3 Å². The SMILES string of the molecule is C=CCn1nc(-c2ccc(OC(C)C)cc2)cc1C(=O)O. The molecule has 21 heavy (non-hydrogen) atoms. The molecule has 0 saturated carbocycles. The number of hydrogen-bond acceptors (Lipinski definition) is 3. The highest BCUT2D eigenvalue weighted by Crippen LogP contribution is 2.23. The molecule has 0 aliphatic rings. The van der Waals surface area contributed by atoms with Gasteiger partial charge in [-0.05, 0) is 44.2 Å². The van der Waals surface area contributed by atoms with Gasteiger partial charge in [0.1, 0.15) is 11.4 Å². The average molecular weight is 286 g/mol. The number of rotatable bonds is 6. The maximum atomic E-state index is 11.2. The van der Waals surface area contributed by atoms with Crippen LogP contribution in [0.15, 0.2) is 43.0 Å². The molecule has 0 atom stereocenters. The van der Waals surface area contributed by atoms with Crippen molar-refractivity contribution in [2.45, 2.75) is 26.5 Å². The van der Waals surface area contributed by atoms with E-state index in [2.05, 4.69) is 11.7 Å². The van der Waals surface area contributed by atoms with Crippen molar-refractivity contribution in [3.8, 4) is 17.0 Å². The Morgan fingerprint density at radius 2 is 2.10 bits per heavy atom. The number of benzene rings is 1. The summed E-state index contributed by atoms with van der Waals surface area (Å²) in [6.07, 6.45) is 1.73. The molecular formula is C16H18N2O3. The van der Waals surface area contributed by atoms with Gasteiger partial charge in [-0.25, -0.2) is 4.79 Å². The topological polar surface area (TPSA) is 64.4 Å². The van der Waals surface area contributed by atoms with Crippen molar-refractivity contribution in [1.29, 1.82) is 0 Å². The van der Waals surface area contributed by atoms with Crippen LogP contribution in [-0.2, 0) is 6.54 Å².